The van der Waals surface area contributed by atoms with Gasteiger partial charge in [-0.25, -0.2) is 4.98 Å². The van der Waals surface area contributed by atoms with Crippen molar-refractivity contribution in [3.05, 3.63) is 27.4 Å². The Hall–Kier alpha value is -1.34. The van der Waals surface area contributed by atoms with Crippen molar-refractivity contribution in [3.8, 4) is 6.07 Å². The summed E-state index contributed by atoms with van der Waals surface area (Å²) >= 11 is 5.63. The number of hydrogen-bond acceptors (Lipinski definition) is 3. The van der Waals surface area contributed by atoms with E-state index in [1.165, 1.54) is 0 Å². The zero-order chi connectivity index (χ0) is 10.0. The van der Waals surface area contributed by atoms with E-state index in [9.17, 15) is 5.21 Å². The number of rotatable bonds is 1. The average Bonchev–Trinajstić information content (AvgIpc) is 2.12. The van der Waals surface area contributed by atoms with Crippen LogP contribution in [-0.4, -0.2) is 4.98 Å². The zero-order valence-electron chi connectivity index (χ0n) is 7.33. The zero-order valence-corrected chi connectivity index (χ0v) is 8.09. The molecule has 4 nitrogen and oxygen atoms in total. The molecule has 0 saturated heterocycles. The maximum atomic E-state index is 11.4. The Kier molecular flexibility index (Phi) is 2.69. The minimum atomic E-state index is -0.142. The first-order valence-corrected chi connectivity index (χ1v) is 4.18. The maximum Gasteiger partial charge on any atom is 0.332 e. The largest absolute Gasteiger partial charge is 0.617 e. The molecule has 1 aromatic rings. The molecule has 0 aliphatic heterocycles. The van der Waals surface area contributed by atoms with Gasteiger partial charge in [-0.15, -0.1) is 0 Å². The van der Waals surface area contributed by atoms with Gasteiger partial charge in [0.15, 0.2) is 6.07 Å². The molecule has 0 aliphatic rings. The Morgan fingerprint density at radius 2 is 2.31 bits per heavy atom. The lowest BCUT2D eigenvalue weighted by Gasteiger charge is -2.06. The Bertz CT molecular complexity index is 383. The molecule has 0 atom stereocenters. The van der Waals surface area contributed by atoms with Crippen molar-refractivity contribution in [3.63, 3.8) is 0 Å². The fourth-order valence-corrected chi connectivity index (χ4v) is 1.27. The van der Waals surface area contributed by atoms with Gasteiger partial charge in [-0.05, 0) is 6.42 Å². The molecule has 0 unspecified atom stereocenters. The summed E-state index contributed by atoms with van der Waals surface area (Å²) in [6, 6.07) is 1.71. The van der Waals surface area contributed by atoms with E-state index in [4.69, 9.17) is 16.9 Å². The van der Waals surface area contributed by atoms with Gasteiger partial charge in [0, 0.05) is 6.92 Å². The lowest BCUT2D eigenvalue weighted by Crippen LogP contribution is -2.36. The normalized spacial score (nSPS) is 9.69. The number of nitriles is 1. The summed E-state index contributed by atoms with van der Waals surface area (Å²) in [6.45, 7) is 3.49. The number of nitrogens with zero attached hydrogens (tertiary/aromatic N) is 3. The monoisotopic (exact) mass is 197 g/mol. The van der Waals surface area contributed by atoms with Crippen LogP contribution in [0.1, 0.15) is 24.0 Å². The third kappa shape index (κ3) is 1.56. The van der Waals surface area contributed by atoms with Crippen LogP contribution in [0.25, 0.3) is 0 Å². The molecule has 68 valence electrons. The predicted octanol–water partition coefficient (Wildman–Crippen LogP) is 1.11. The van der Waals surface area contributed by atoms with E-state index >= 15 is 0 Å². The molecular formula is C8H8ClN3O. The molecule has 0 aliphatic carbocycles. The van der Waals surface area contributed by atoms with Gasteiger partial charge in [0.25, 0.3) is 0 Å². The summed E-state index contributed by atoms with van der Waals surface area (Å²) in [6.07, 6.45) is 0.625. The molecule has 0 bridgehead atoms. The second-order valence-corrected chi connectivity index (χ2v) is 2.90. The second-order valence-electron chi connectivity index (χ2n) is 2.54. The van der Waals surface area contributed by atoms with Crippen molar-refractivity contribution >= 4 is 11.6 Å². The highest BCUT2D eigenvalue weighted by Gasteiger charge is 2.18. The summed E-state index contributed by atoms with van der Waals surface area (Å²) in [7, 11) is 0. The van der Waals surface area contributed by atoms with Crippen LogP contribution < -0.4 is 4.73 Å². The minimum absolute atomic E-state index is 0.0278. The van der Waals surface area contributed by atoms with E-state index in [0.717, 1.165) is 0 Å². The van der Waals surface area contributed by atoms with Crippen molar-refractivity contribution in [2.75, 3.05) is 0 Å². The number of hydrogen-bond donors (Lipinski definition) is 0. The molecule has 0 aromatic carbocycles. The van der Waals surface area contributed by atoms with Crippen molar-refractivity contribution in [1.29, 1.82) is 5.26 Å². The molecule has 0 saturated carbocycles. The highest BCUT2D eigenvalue weighted by atomic mass is 35.5. The number of halogens is 1. The van der Waals surface area contributed by atoms with Crippen LogP contribution >= 0.6 is 11.6 Å². The molecule has 1 heterocycles. The van der Waals surface area contributed by atoms with Crippen LogP contribution in [0.3, 0.4) is 0 Å². The van der Waals surface area contributed by atoms with Crippen LogP contribution in [0.15, 0.2) is 0 Å². The standard InChI is InChI=1S/C8H8ClN3O/c1-3-6-5(2)12(13)7(4-10)8(9)11-6/h3H2,1-2H3. The maximum absolute atomic E-state index is 11.4. The van der Waals surface area contributed by atoms with Crippen LogP contribution in [0, 0.1) is 23.5 Å². The Labute approximate surface area is 81.0 Å². The SMILES string of the molecule is CCc1nc(Cl)c(C#N)[n+]([O-])c1C. The molecule has 0 spiro atoms. The quantitative estimate of drug-likeness (QED) is 0.501. The van der Waals surface area contributed by atoms with E-state index in [1.807, 2.05) is 6.92 Å². The fourth-order valence-electron chi connectivity index (χ4n) is 1.05. The summed E-state index contributed by atoms with van der Waals surface area (Å²) in [5, 5.41) is 19.9. The van der Waals surface area contributed by atoms with Crippen molar-refractivity contribution < 1.29 is 4.73 Å². The van der Waals surface area contributed by atoms with Gasteiger partial charge >= 0.3 is 5.69 Å². The number of aryl methyl sites for hydroxylation is 1. The Morgan fingerprint density at radius 1 is 1.69 bits per heavy atom. The van der Waals surface area contributed by atoms with Gasteiger partial charge in [-0.2, -0.15) is 9.99 Å². The van der Waals surface area contributed by atoms with Gasteiger partial charge in [0.05, 0.1) is 0 Å². The third-order valence-corrected chi connectivity index (χ3v) is 2.06. The Balaban J connectivity index is 3.48. The smallest absolute Gasteiger partial charge is 0.332 e. The van der Waals surface area contributed by atoms with Gasteiger partial charge in [-0.1, -0.05) is 18.5 Å². The summed E-state index contributed by atoms with van der Waals surface area (Å²) in [5.41, 5.74) is 0.916. The molecule has 1 aromatic heterocycles. The molecule has 1 rings (SSSR count). The average molecular weight is 198 g/mol. The second kappa shape index (κ2) is 3.58. The molecule has 5 heteroatoms. The van der Waals surface area contributed by atoms with Gasteiger partial charge in [-0.3, -0.25) is 0 Å². The minimum Gasteiger partial charge on any atom is -0.617 e. The van der Waals surface area contributed by atoms with Crippen molar-refractivity contribution in [2.24, 2.45) is 0 Å². The van der Waals surface area contributed by atoms with Crippen LogP contribution in [0.4, 0.5) is 0 Å². The first kappa shape index (κ1) is 9.75. The first-order chi connectivity index (χ1) is 6.11. The predicted molar refractivity (Wildman–Crippen MR) is 47.0 cm³/mol. The molecule has 0 fully saturated rings. The topological polar surface area (TPSA) is 63.6 Å². The molecule has 0 N–H and O–H groups in total. The first-order valence-electron chi connectivity index (χ1n) is 3.80. The van der Waals surface area contributed by atoms with Crippen molar-refractivity contribution in [1.82, 2.24) is 4.98 Å². The van der Waals surface area contributed by atoms with E-state index in [-0.39, 0.29) is 10.8 Å². The highest BCUT2D eigenvalue weighted by Crippen LogP contribution is 2.11. The highest BCUT2D eigenvalue weighted by molar-refractivity contribution is 6.30. The number of aromatic nitrogens is 2. The van der Waals surface area contributed by atoms with Gasteiger partial charge < -0.3 is 5.21 Å². The molecule has 13 heavy (non-hydrogen) atoms. The van der Waals surface area contributed by atoms with E-state index in [1.54, 1.807) is 13.0 Å². The molecule has 0 radical (unpaired) electrons. The summed E-state index contributed by atoms with van der Waals surface area (Å²) < 4.78 is 0.522. The Morgan fingerprint density at radius 3 is 2.77 bits per heavy atom. The van der Waals surface area contributed by atoms with E-state index < -0.39 is 0 Å². The van der Waals surface area contributed by atoms with Gasteiger partial charge in [0.1, 0.15) is 5.69 Å². The van der Waals surface area contributed by atoms with Crippen molar-refractivity contribution in [2.45, 2.75) is 20.3 Å². The summed E-state index contributed by atoms with van der Waals surface area (Å²) in [4.78, 5) is 3.94. The third-order valence-electron chi connectivity index (χ3n) is 1.79. The fraction of sp³-hybridized carbons (Fsp3) is 0.375. The summed E-state index contributed by atoms with van der Waals surface area (Å²) in [5.74, 6) is 0. The van der Waals surface area contributed by atoms with E-state index in [0.29, 0.717) is 22.5 Å². The van der Waals surface area contributed by atoms with Crippen LogP contribution in [-0.2, 0) is 6.42 Å². The van der Waals surface area contributed by atoms with Crippen LogP contribution in [0.2, 0.25) is 5.15 Å². The van der Waals surface area contributed by atoms with E-state index in [2.05, 4.69) is 4.98 Å². The lowest BCUT2D eigenvalue weighted by molar-refractivity contribution is -0.616. The van der Waals surface area contributed by atoms with Crippen LogP contribution in [0.5, 0.6) is 0 Å². The molecular weight excluding hydrogens is 190 g/mol. The lowest BCUT2D eigenvalue weighted by atomic mass is 10.2. The molecule has 0 amide bonds. The van der Waals surface area contributed by atoms with Gasteiger partial charge in [0.2, 0.25) is 10.8 Å².